The molecule has 0 aliphatic heterocycles. The molecule has 0 radical (unpaired) electrons. The molecule has 0 bridgehead atoms. The maximum atomic E-state index is 12.0. The molecule has 0 aliphatic carbocycles. The van der Waals surface area contributed by atoms with Gasteiger partial charge in [-0.15, -0.1) is 10.2 Å². The first-order chi connectivity index (χ1) is 11.7. The second-order valence-corrected chi connectivity index (χ2v) is 5.93. The number of pyridine rings is 1. The van der Waals surface area contributed by atoms with Crippen LogP contribution in [0.5, 0.6) is 0 Å². The summed E-state index contributed by atoms with van der Waals surface area (Å²) in [6.45, 7) is 2.08. The molecule has 7 heteroatoms. The van der Waals surface area contributed by atoms with Crippen LogP contribution in [0.1, 0.15) is 12.5 Å². The van der Waals surface area contributed by atoms with Gasteiger partial charge in [0.05, 0.1) is 11.3 Å². The summed E-state index contributed by atoms with van der Waals surface area (Å²) in [7, 11) is 0. The van der Waals surface area contributed by atoms with Crippen LogP contribution >= 0.6 is 11.8 Å². The number of hydrogen-bond acceptors (Lipinski definition) is 6. The first kappa shape index (κ1) is 16.2. The smallest absolute Gasteiger partial charge is 0.277 e. The van der Waals surface area contributed by atoms with E-state index in [9.17, 15) is 4.79 Å². The summed E-state index contributed by atoms with van der Waals surface area (Å²) in [5.41, 5.74) is 2.72. The fraction of sp³-hybridized carbons (Fsp3) is 0.176. The third-order valence-corrected chi connectivity index (χ3v) is 4.08. The van der Waals surface area contributed by atoms with E-state index in [-0.39, 0.29) is 11.7 Å². The molecule has 1 N–H and O–H groups in total. The molecule has 122 valence electrons. The average Bonchev–Trinajstić information content (AvgIpc) is 3.10. The van der Waals surface area contributed by atoms with Crippen molar-refractivity contribution in [1.29, 1.82) is 0 Å². The molecule has 1 aromatic carbocycles. The zero-order valence-corrected chi connectivity index (χ0v) is 13.9. The number of aromatic nitrogens is 3. The third kappa shape index (κ3) is 4.20. The molecule has 0 saturated heterocycles. The van der Waals surface area contributed by atoms with Crippen LogP contribution in [0.15, 0.2) is 58.4 Å². The standard InChI is InChI=1S/C17H16N4O2S/c1-2-12-5-3-7-14(9-12)19-15(22)11-24-17-21-20-16(23-17)13-6-4-8-18-10-13/h3-10H,2,11H2,1H3,(H,19,22). The Morgan fingerprint density at radius 2 is 2.17 bits per heavy atom. The minimum Gasteiger partial charge on any atom is -0.411 e. The van der Waals surface area contributed by atoms with Gasteiger partial charge in [0, 0.05) is 18.1 Å². The highest BCUT2D eigenvalue weighted by Crippen LogP contribution is 2.22. The number of nitrogens with one attached hydrogen (secondary N) is 1. The largest absolute Gasteiger partial charge is 0.411 e. The van der Waals surface area contributed by atoms with Crippen LogP contribution in [-0.2, 0) is 11.2 Å². The maximum Gasteiger partial charge on any atom is 0.277 e. The van der Waals surface area contributed by atoms with E-state index < -0.39 is 0 Å². The molecule has 24 heavy (non-hydrogen) atoms. The summed E-state index contributed by atoms with van der Waals surface area (Å²) in [5.74, 6) is 0.474. The lowest BCUT2D eigenvalue weighted by Gasteiger charge is -2.05. The number of aryl methyl sites for hydroxylation is 1. The molecule has 0 saturated carbocycles. The first-order valence-electron chi connectivity index (χ1n) is 7.50. The van der Waals surface area contributed by atoms with Crippen LogP contribution in [0.4, 0.5) is 5.69 Å². The van der Waals surface area contributed by atoms with Crippen LogP contribution in [0, 0.1) is 0 Å². The van der Waals surface area contributed by atoms with Gasteiger partial charge in [0.15, 0.2) is 0 Å². The third-order valence-electron chi connectivity index (χ3n) is 3.26. The van der Waals surface area contributed by atoms with Crippen molar-refractivity contribution in [1.82, 2.24) is 15.2 Å². The van der Waals surface area contributed by atoms with Crippen molar-refractivity contribution < 1.29 is 9.21 Å². The number of anilines is 1. The van der Waals surface area contributed by atoms with Crippen molar-refractivity contribution in [2.45, 2.75) is 18.6 Å². The molecular weight excluding hydrogens is 324 g/mol. The van der Waals surface area contributed by atoms with Crippen molar-refractivity contribution in [3.05, 3.63) is 54.4 Å². The fourth-order valence-corrected chi connectivity index (χ4v) is 2.63. The Balaban J connectivity index is 1.56. The lowest BCUT2D eigenvalue weighted by molar-refractivity contribution is -0.113. The zero-order valence-electron chi connectivity index (χ0n) is 13.1. The zero-order chi connectivity index (χ0) is 16.8. The number of carbonyl (C=O) groups is 1. The fourth-order valence-electron chi connectivity index (χ4n) is 2.07. The van der Waals surface area contributed by atoms with Gasteiger partial charge in [-0.2, -0.15) is 0 Å². The molecule has 0 aliphatic rings. The minimum absolute atomic E-state index is 0.116. The lowest BCUT2D eigenvalue weighted by atomic mass is 10.1. The van der Waals surface area contributed by atoms with Gasteiger partial charge in [-0.1, -0.05) is 30.8 Å². The van der Waals surface area contributed by atoms with Gasteiger partial charge in [-0.25, -0.2) is 0 Å². The quantitative estimate of drug-likeness (QED) is 0.693. The number of hydrogen-bond donors (Lipinski definition) is 1. The van der Waals surface area contributed by atoms with E-state index in [2.05, 4.69) is 27.4 Å². The minimum atomic E-state index is -0.116. The maximum absolute atomic E-state index is 12.0. The molecule has 3 aromatic rings. The van der Waals surface area contributed by atoms with E-state index in [0.29, 0.717) is 11.1 Å². The Morgan fingerprint density at radius 1 is 1.25 bits per heavy atom. The van der Waals surface area contributed by atoms with Crippen LogP contribution in [-0.4, -0.2) is 26.8 Å². The van der Waals surface area contributed by atoms with Gasteiger partial charge in [-0.05, 0) is 36.2 Å². The van der Waals surface area contributed by atoms with E-state index in [1.807, 2.05) is 30.3 Å². The summed E-state index contributed by atoms with van der Waals surface area (Å²) in [4.78, 5) is 16.0. The molecule has 6 nitrogen and oxygen atoms in total. The monoisotopic (exact) mass is 340 g/mol. The normalized spacial score (nSPS) is 10.5. The van der Waals surface area contributed by atoms with Gasteiger partial charge in [-0.3, -0.25) is 9.78 Å². The number of thioether (sulfide) groups is 1. The first-order valence-corrected chi connectivity index (χ1v) is 8.48. The molecule has 2 heterocycles. The van der Waals surface area contributed by atoms with Crippen molar-refractivity contribution in [2.75, 3.05) is 11.1 Å². The van der Waals surface area contributed by atoms with Gasteiger partial charge < -0.3 is 9.73 Å². The number of benzene rings is 1. The molecule has 0 atom stereocenters. The molecule has 1 amide bonds. The molecule has 3 rings (SSSR count). The van der Waals surface area contributed by atoms with Crippen molar-refractivity contribution in [3.8, 4) is 11.5 Å². The highest BCUT2D eigenvalue weighted by atomic mass is 32.2. The SMILES string of the molecule is CCc1cccc(NC(=O)CSc2nnc(-c3cccnc3)o2)c1. The highest BCUT2D eigenvalue weighted by Gasteiger charge is 2.11. The van der Waals surface area contributed by atoms with Gasteiger partial charge in [0.2, 0.25) is 11.8 Å². The predicted molar refractivity (Wildman–Crippen MR) is 92.7 cm³/mol. The van der Waals surface area contributed by atoms with Gasteiger partial charge in [0.25, 0.3) is 5.22 Å². The Bertz CT molecular complexity index is 820. The Morgan fingerprint density at radius 3 is 2.96 bits per heavy atom. The number of rotatable bonds is 6. The van der Waals surface area contributed by atoms with Gasteiger partial charge in [0.1, 0.15) is 0 Å². The lowest BCUT2D eigenvalue weighted by Crippen LogP contribution is -2.14. The molecule has 0 fully saturated rings. The van der Waals surface area contributed by atoms with E-state index >= 15 is 0 Å². The molecule has 0 unspecified atom stereocenters. The summed E-state index contributed by atoms with van der Waals surface area (Å²) in [6, 6.07) is 11.4. The summed E-state index contributed by atoms with van der Waals surface area (Å²) < 4.78 is 5.53. The molecule has 2 aromatic heterocycles. The van der Waals surface area contributed by atoms with Crippen LogP contribution in [0.3, 0.4) is 0 Å². The van der Waals surface area contributed by atoms with Gasteiger partial charge >= 0.3 is 0 Å². The van der Waals surface area contributed by atoms with Crippen molar-refractivity contribution in [3.63, 3.8) is 0 Å². The van der Waals surface area contributed by atoms with Crippen molar-refractivity contribution >= 4 is 23.4 Å². The van der Waals surface area contributed by atoms with Crippen LogP contribution < -0.4 is 5.32 Å². The summed E-state index contributed by atoms with van der Waals surface area (Å²) >= 11 is 1.20. The number of amides is 1. The van der Waals surface area contributed by atoms with E-state index in [1.54, 1.807) is 18.5 Å². The highest BCUT2D eigenvalue weighted by molar-refractivity contribution is 7.99. The second-order valence-electron chi connectivity index (χ2n) is 5.01. The molecular formula is C17H16N4O2S. The van der Waals surface area contributed by atoms with Crippen LogP contribution in [0.2, 0.25) is 0 Å². The average molecular weight is 340 g/mol. The van der Waals surface area contributed by atoms with E-state index in [4.69, 9.17) is 4.42 Å². The number of carbonyl (C=O) groups excluding carboxylic acids is 1. The summed E-state index contributed by atoms with van der Waals surface area (Å²) in [5, 5.41) is 11.1. The number of nitrogens with zero attached hydrogens (tertiary/aromatic N) is 3. The topological polar surface area (TPSA) is 80.9 Å². The Hall–Kier alpha value is -2.67. The second kappa shape index (κ2) is 7.74. The van der Waals surface area contributed by atoms with Crippen LogP contribution in [0.25, 0.3) is 11.5 Å². The Kier molecular flexibility index (Phi) is 5.22. The van der Waals surface area contributed by atoms with Crippen molar-refractivity contribution in [2.24, 2.45) is 0 Å². The Labute approximate surface area is 143 Å². The van der Waals surface area contributed by atoms with E-state index in [0.717, 1.165) is 17.7 Å². The van der Waals surface area contributed by atoms with E-state index in [1.165, 1.54) is 17.3 Å². The summed E-state index contributed by atoms with van der Waals surface area (Å²) in [6.07, 6.45) is 4.25. The predicted octanol–water partition coefficient (Wildman–Crippen LogP) is 3.42. The molecule has 0 spiro atoms.